The number of amides is 1. The van der Waals surface area contributed by atoms with Crippen LogP contribution in [0, 0.1) is 10.1 Å². The van der Waals surface area contributed by atoms with Gasteiger partial charge < -0.3 is 4.74 Å². The molecule has 0 aliphatic rings. The van der Waals surface area contributed by atoms with Crippen molar-refractivity contribution in [3.8, 4) is 5.75 Å². The first-order valence-corrected chi connectivity index (χ1v) is 7.64. The number of ether oxygens (including phenoxy) is 1. The lowest BCUT2D eigenvalue weighted by Gasteiger charge is -2.07. The van der Waals surface area contributed by atoms with Gasteiger partial charge in [-0.25, -0.2) is 5.43 Å². The summed E-state index contributed by atoms with van der Waals surface area (Å²) in [5.74, 6) is -0.360. The predicted molar refractivity (Wildman–Crippen MR) is 93.5 cm³/mol. The SMILES string of the molecule is COc1ccc([N+](=O)[O-])cc1C(=O)N/N=C(/C)c1ccc(Br)cc1. The van der Waals surface area contributed by atoms with E-state index in [1.54, 1.807) is 6.92 Å². The van der Waals surface area contributed by atoms with E-state index in [4.69, 9.17) is 4.74 Å². The molecule has 7 nitrogen and oxygen atoms in total. The lowest BCUT2D eigenvalue weighted by Crippen LogP contribution is -2.20. The molecule has 0 radical (unpaired) electrons. The van der Waals surface area contributed by atoms with Gasteiger partial charge in [-0.2, -0.15) is 5.10 Å². The van der Waals surface area contributed by atoms with Gasteiger partial charge in [-0.05, 0) is 30.7 Å². The molecule has 0 heterocycles. The van der Waals surface area contributed by atoms with E-state index in [-0.39, 0.29) is 17.0 Å². The van der Waals surface area contributed by atoms with Crippen molar-refractivity contribution >= 4 is 33.2 Å². The number of nitrogens with zero attached hydrogens (tertiary/aromatic N) is 2. The first-order chi connectivity index (χ1) is 11.4. The van der Waals surface area contributed by atoms with Crippen molar-refractivity contribution in [2.24, 2.45) is 5.10 Å². The molecule has 2 rings (SSSR count). The Kier molecular flexibility index (Phi) is 5.64. The van der Waals surface area contributed by atoms with Gasteiger partial charge in [-0.1, -0.05) is 28.1 Å². The molecule has 24 heavy (non-hydrogen) atoms. The molecular formula is C16H14BrN3O4. The molecule has 0 aliphatic heterocycles. The second kappa shape index (κ2) is 7.69. The summed E-state index contributed by atoms with van der Waals surface area (Å²) in [4.78, 5) is 22.5. The fourth-order valence-corrected chi connectivity index (χ4v) is 2.20. The maximum Gasteiger partial charge on any atom is 0.275 e. The minimum atomic E-state index is -0.591. The highest BCUT2D eigenvalue weighted by atomic mass is 79.9. The molecule has 0 spiro atoms. The number of hydrogen-bond acceptors (Lipinski definition) is 5. The monoisotopic (exact) mass is 391 g/mol. The van der Waals surface area contributed by atoms with Crippen LogP contribution >= 0.6 is 15.9 Å². The third-order valence-electron chi connectivity index (χ3n) is 3.23. The Bertz CT molecular complexity index is 803. The van der Waals surface area contributed by atoms with Crippen LogP contribution in [0.2, 0.25) is 0 Å². The van der Waals surface area contributed by atoms with Crippen LogP contribution in [0.15, 0.2) is 52.0 Å². The zero-order valence-corrected chi connectivity index (χ0v) is 14.5. The number of nitrogens with one attached hydrogen (secondary N) is 1. The molecule has 1 amide bonds. The summed E-state index contributed by atoms with van der Waals surface area (Å²) in [6, 6.07) is 11.2. The van der Waals surface area contributed by atoms with E-state index < -0.39 is 10.8 Å². The minimum absolute atomic E-state index is 0.0408. The van der Waals surface area contributed by atoms with Gasteiger partial charge in [0.1, 0.15) is 5.75 Å². The maximum atomic E-state index is 12.3. The summed E-state index contributed by atoms with van der Waals surface area (Å²) in [6.45, 7) is 1.74. The van der Waals surface area contributed by atoms with Crippen molar-refractivity contribution < 1.29 is 14.5 Å². The first kappa shape index (κ1) is 17.6. The predicted octanol–water partition coefficient (Wildman–Crippen LogP) is 3.52. The van der Waals surface area contributed by atoms with Crippen LogP contribution in [0.4, 0.5) is 5.69 Å². The summed E-state index contributed by atoms with van der Waals surface area (Å²) in [5, 5.41) is 14.9. The summed E-state index contributed by atoms with van der Waals surface area (Å²) >= 11 is 3.34. The number of rotatable bonds is 5. The van der Waals surface area contributed by atoms with Gasteiger partial charge >= 0.3 is 0 Å². The van der Waals surface area contributed by atoms with Gasteiger partial charge in [0.2, 0.25) is 0 Å². The van der Waals surface area contributed by atoms with Crippen molar-refractivity contribution in [3.05, 3.63) is 68.2 Å². The highest BCUT2D eigenvalue weighted by Gasteiger charge is 2.17. The van der Waals surface area contributed by atoms with Gasteiger partial charge in [-0.15, -0.1) is 0 Å². The zero-order chi connectivity index (χ0) is 17.7. The topological polar surface area (TPSA) is 93.8 Å². The van der Waals surface area contributed by atoms with Crippen LogP contribution in [-0.4, -0.2) is 23.7 Å². The average Bonchev–Trinajstić information content (AvgIpc) is 2.59. The standard InChI is InChI=1S/C16H14BrN3O4/c1-10(11-3-5-12(17)6-4-11)18-19-16(21)14-9-13(20(22)23)7-8-15(14)24-2/h3-9H,1-2H3,(H,19,21)/b18-10-. The molecule has 124 valence electrons. The Morgan fingerprint density at radius 2 is 1.92 bits per heavy atom. The first-order valence-electron chi connectivity index (χ1n) is 6.85. The van der Waals surface area contributed by atoms with Gasteiger partial charge in [0.05, 0.1) is 23.3 Å². The highest BCUT2D eigenvalue weighted by molar-refractivity contribution is 9.10. The van der Waals surface area contributed by atoms with E-state index in [0.29, 0.717) is 5.71 Å². The second-order valence-corrected chi connectivity index (χ2v) is 5.70. The van der Waals surface area contributed by atoms with Gasteiger partial charge in [0, 0.05) is 16.6 Å². The fraction of sp³-hybridized carbons (Fsp3) is 0.125. The number of nitro groups is 1. The largest absolute Gasteiger partial charge is 0.496 e. The van der Waals surface area contributed by atoms with E-state index in [1.165, 1.54) is 19.2 Å². The van der Waals surface area contributed by atoms with Crippen molar-refractivity contribution in [1.82, 2.24) is 5.43 Å². The van der Waals surface area contributed by atoms with E-state index in [0.717, 1.165) is 16.1 Å². The van der Waals surface area contributed by atoms with Crippen LogP contribution in [0.25, 0.3) is 0 Å². The molecule has 2 aromatic rings. The Hall–Kier alpha value is -2.74. The van der Waals surface area contributed by atoms with Crippen LogP contribution in [0.3, 0.4) is 0 Å². The normalized spacial score (nSPS) is 11.0. The number of hydrogen-bond donors (Lipinski definition) is 1. The number of benzene rings is 2. The number of carbonyl (C=O) groups excluding carboxylic acids is 1. The molecule has 0 aliphatic carbocycles. The fourth-order valence-electron chi connectivity index (χ4n) is 1.94. The van der Waals surface area contributed by atoms with E-state index in [1.807, 2.05) is 24.3 Å². The molecule has 0 bridgehead atoms. The minimum Gasteiger partial charge on any atom is -0.496 e. The van der Waals surface area contributed by atoms with E-state index >= 15 is 0 Å². The number of halogens is 1. The lowest BCUT2D eigenvalue weighted by atomic mass is 10.1. The summed E-state index contributed by atoms with van der Waals surface area (Å²) in [5.41, 5.74) is 3.66. The number of carbonyl (C=O) groups is 1. The molecule has 0 saturated heterocycles. The summed E-state index contributed by atoms with van der Waals surface area (Å²) in [7, 11) is 1.38. The van der Waals surface area contributed by atoms with E-state index in [2.05, 4.69) is 26.5 Å². The zero-order valence-electron chi connectivity index (χ0n) is 12.9. The number of methoxy groups -OCH3 is 1. The third kappa shape index (κ3) is 4.17. The molecule has 0 unspecified atom stereocenters. The molecule has 0 saturated carbocycles. The molecule has 2 aromatic carbocycles. The summed E-state index contributed by atoms with van der Waals surface area (Å²) in [6.07, 6.45) is 0. The van der Waals surface area contributed by atoms with Gasteiger partial charge in [-0.3, -0.25) is 14.9 Å². The van der Waals surface area contributed by atoms with Crippen molar-refractivity contribution in [3.63, 3.8) is 0 Å². The van der Waals surface area contributed by atoms with Crippen LogP contribution in [-0.2, 0) is 0 Å². The Morgan fingerprint density at radius 1 is 1.25 bits per heavy atom. The van der Waals surface area contributed by atoms with Crippen LogP contribution in [0.1, 0.15) is 22.8 Å². The van der Waals surface area contributed by atoms with Gasteiger partial charge in [0.25, 0.3) is 11.6 Å². The molecule has 1 N–H and O–H groups in total. The molecule has 0 atom stereocenters. The quantitative estimate of drug-likeness (QED) is 0.479. The van der Waals surface area contributed by atoms with Crippen molar-refractivity contribution in [2.75, 3.05) is 7.11 Å². The second-order valence-electron chi connectivity index (χ2n) is 4.79. The molecule has 8 heteroatoms. The number of non-ortho nitro benzene ring substituents is 1. The van der Waals surface area contributed by atoms with Crippen molar-refractivity contribution in [1.29, 1.82) is 0 Å². The Labute approximate surface area is 146 Å². The molecular weight excluding hydrogens is 378 g/mol. The maximum absolute atomic E-state index is 12.3. The lowest BCUT2D eigenvalue weighted by molar-refractivity contribution is -0.384. The molecule has 0 fully saturated rings. The third-order valence-corrected chi connectivity index (χ3v) is 3.75. The van der Waals surface area contributed by atoms with Gasteiger partial charge in [0.15, 0.2) is 0 Å². The van der Waals surface area contributed by atoms with E-state index in [9.17, 15) is 14.9 Å². The Balaban J connectivity index is 2.22. The van der Waals surface area contributed by atoms with Crippen LogP contribution < -0.4 is 10.2 Å². The number of hydrazone groups is 1. The Morgan fingerprint density at radius 3 is 2.50 bits per heavy atom. The highest BCUT2D eigenvalue weighted by Crippen LogP contribution is 2.23. The van der Waals surface area contributed by atoms with Crippen LogP contribution in [0.5, 0.6) is 5.75 Å². The average molecular weight is 392 g/mol. The van der Waals surface area contributed by atoms with Crippen molar-refractivity contribution in [2.45, 2.75) is 6.92 Å². The molecule has 0 aromatic heterocycles. The summed E-state index contributed by atoms with van der Waals surface area (Å²) < 4.78 is 6.00. The smallest absolute Gasteiger partial charge is 0.275 e. The number of nitro benzene ring substituents is 1.